The predicted octanol–water partition coefficient (Wildman–Crippen LogP) is 4.11. The molecule has 4 heteroatoms. The first-order valence-electron chi connectivity index (χ1n) is 9.10. The van der Waals surface area contributed by atoms with Crippen molar-refractivity contribution in [2.45, 2.75) is 39.3 Å². The quantitative estimate of drug-likeness (QED) is 0.756. The number of carbonyl (C=O) groups excluding carboxylic acids is 1. The number of aromatic nitrogens is 2. The third kappa shape index (κ3) is 3.54. The zero-order valence-electron chi connectivity index (χ0n) is 15.2. The molecule has 4 nitrogen and oxygen atoms in total. The summed E-state index contributed by atoms with van der Waals surface area (Å²) in [5.41, 5.74) is 5.99. The van der Waals surface area contributed by atoms with Gasteiger partial charge in [0.1, 0.15) is 5.69 Å². The molecule has 0 saturated heterocycles. The van der Waals surface area contributed by atoms with E-state index in [-0.39, 0.29) is 5.91 Å². The molecule has 0 atom stereocenters. The maximum absolute atomic E-state index is 12.7. The highest BCUT2D eigenvalue weighted by atomic mass is 16.1. The summed E-state index contributed by atoms with van der Waals surface area (Å²) in [7, 11) is 0. The lowest BCUT2D eigenvalue weighted by atomic mass is 10.0. The average molecular weight is 345 g/mol. The number of nitrogens with one attached hydrogen (secondary N) is 1. The van der Waals surface area contributed by atoms with Crippen LogP contribution < -0.4 is 5.32 Å². The minimum absolute atomic E-state index is 0.0277. The molecule has 1 aliphatic rings. The zero-order chi connectivity index (χ0) is 18.1. The van der Waals surface area contributed by atoms with Gasteiger partial charge < -0.3 is 5.32 Å². The Morgan fingerprint density at radius 3 is 2.58 bits per heavy atom. The van der Waals surface area contributed by atoms with Crippen molar-refractivity contribution < 1.29 is 4.79 Å². The highest BCUT2D eigenvalue weighted by Crippen LogP contribution is 2.26. The fourth-order valence-corrected chi connectivity index (χ4v) is 3.03. The van der Waals surface area contributed by atoms with E-state index in [4.69, 9.17) is 5.10 Å². The van der Waals surface area contributed by atoms with Crippen LogP contribution in [0.25, 0.3) is 11.3 Å². The minimum atomic E-state index is -0.0277. The Hall–Kier alpha value is -2.88. The molecule has 0 unspecified atom stereocenters. The third-order valence-corrected chi connectivity index (χ3v) is 4.89. The molecular weight excluding hydrogens is 322 g/mol. The summed E-state index contributed by atoms with van der Waals surface area (Å²) in [6.07, 6.45) is 4.01. The topological polar surface area (TPSA) is 46.9 Å². The number of nitrogens with zero attached hydrogens (tertiary/aromatic N) is 2. The normalized spacial score (nSPS) is 13.6. The highest BCUT2D eigenvalue weighted by Gasteiger charge is 2.26. The second-order valence-corrected chi connectivity index (χ2v) is 7.12. The van der Waals surface area contributed by atoms with Gasteiger partial charge in [-0.1, -0.05) is 42.5 Å². The summed E-state index contributed by atoms with van der Waals surface area (Å²) in [4.78, 5) is 12.7. The molecule has 2 aromatic carbocycles. The van der Waals surface area contributed by atoms with Gasteiger partial charge in [-0.25, -0.2) is 0 Å². The number of benzene rings is 2. The van der Waals surface area contributed by atoms with E-state index in [1.807, 2.05) is 35.1 Å². The van der Waals surface area contributed by atoms with Crippen molar-refractivity contribution in [3.8, 4) is 11.3 Å². The van der Waals surface area contributed by atoms with Gasteiger partial charge in [0.05, 0.1) is 12.1 Å². The molecule has 0 aliphatic heterocycles. The minimum Gasteiger partial charge on any atom is -0.349 e. The van der Waals surface area contributed by atoms with Crippen LogP contribution in [0.2, 0.25) is 0 Å². The second kappa shape index (κ2) is 6.79. The third-order valence-electron chi connectivity index (χ3n) is 4.89. The van der Waals surface area contributed by atoms with Gasteiger partial charge in [-0.15, -0.1) is 0 Å². The fourth-order valence-electron chi connectivity index (χ4n) is 3.03. The van der Waals surface area contributed by atoms with E-state index >= 15 is 0 Å². The fraction of sp³-hybridized carbons (Fsp3) is 0.273. The van der Waals surface area contributed by atoms with E-state index in [0.29, 0.717) is 18.2 Å². The number of rotatable bonds is 5. The van der Waals surface area contributed by atoms with Crippen LogP contribution in [-0.4, -0.2) is 21.7 Å². The molecule has 1 aliphatic carbocycles. The standard InChI is InChI=1S/C22H23N3O/c1-15-8-9-18(12-16(15)2)21-20(22(26)23-19-10-11-19)14-25(24-21)13-17-6-4-3-5-7-17/h3-9,12,14,19H,10-11,13H2,1-2H3,(H,23,26). The summed E-state index contributed by atoms with van der Waals surface area (Å²) in [5.74, 6) is -0.0277. The molecule has 26 heavy (non-hydrogen) atoms. The van der Waals surface area contributed by atoms with Crippen molar-refractivity contribution in [2.75, 3.05) is 0 Å². The van der Waals surface area contributed by atoms with Crippen molar-refractivity contribution in [2.24, 2.45) is 0 Å². The Morgan fingerprint density at radius 1 is 1.12 bits per heavy atom. The molecule has 0 spiro atoms. The molecule has 1 aromatic heterocycles. The van der Waals surface area contributed by atoms with Crippen LogP contribution >= 0.6 is 0 Å². The molecule has 132 valence electrons. The molecule has 1 saturated carbocycles. The molecule has 1 amide bonds. The van der Waals surface area contributed by atoms with E-state index in [9.17, 15) is 4.79 Å². The maximum atomic E-state index is 12.7. The lowest BCUT2D eigenvalue weighted by Crippen LogP contribution is -2.25. The zero-order valence-corrected chi connectivity index (χ0v) is 15.2. The molecular formula is C22H23N3O. The maximum Gasteiger partial charge on any atom is 0.255 e. The van der Waals surface area contributed by atoms with E-state index in [2.05, 4.69) is 43.4 Å². The van der Waals surface area contributed by atoms with Crippen molar-refractivity contribution >= 4 is 5.91 Å². The number of amides is 1. The van der Waals surface area contributed by atoms with Crippen LogP contribution in [0.5, 0.6) is 0 Å². The van der Waals surface area contributed by atoms with Gasteiger partial charge in [0.15, 0.2) is 0 Å². The number of hydrogen-bond donors (Lipinski definition) is 1. The van der Waals surface area contributed by atoms with Crippen molar-refractivity contribution in [1.29, 1.82) is 0 Å². The molecule has 4 rings (SSSR count). The lowest BCUT2D eigenvalue weighted by Gasteiger charge is -2.06. The van der Waals surface area contributed by atoms with Crippen LogP contribution in [-0.2, 0) is 6.54 Å². The van der Waals surface area contributed by atoms with Crippen LogP contribution in [0, 0.1) is 13.8 Å². The summed E-state index contributed by atoms with van der Waals surface area (Å²) in [6.45, 7) is 4.83. The first-order chi connectivity index (χ1) is 12.6. The summed E-state index contributed by atoms with van der Waals surface area (Å²) in [5, 5.41) is 7.84. The lowest BCUT2D eigenvalue weighted by molar-refractivity contribution is 0.0951. The van der Waals surface area contributed by atoms with Gasteiger partial charge in [-0.3, -0.25) is 9.48 Å². The first-order valence-corrected chi connectivity index (χ1v) is 9.10. The van der Waals surface area contributed by atoms with Crippen LogP contribution in [0.15, 0.2) is 54.7 Å². The van der Waals surface area contributed by atoms with E-state index in [0.717, 1.165) is 29.7 Å². The van der Waals surface area contributed by atoms with Gasteiger partial charge >= 0.3 is 0 Å². The van der Waals surface area contributed by atoms with Crippen LogP contribution in [0.3, 0.4) is 0 Å². The van der Waals surface area contributed by atoms with Gasteiger partial charge in [0.25, 0.3) is 5.91 Å². The predicted molar refractivity (Wildman–Crippen MR) is 103 cm³/mol. The molecule has 1 heterocycles. The van der Waals surface area contributed by atoms with Gasteiger partial charge in [-0.2, -0.15) is 5.10 Å². The largest absolute Gasteiger partial charge is 0.349 e. The second-order valence-electron chi connectivity index (χ2n) is 7.12. The summed E-state index contributed by atoms with van der Waals surface area (Å²) in [6, 6.07) is 16.7. The smallest absolute Gasteiger partial charge is 0.255 e. The monoisotopic (exact) mass is 345 g/mol. The number of hydrogen-bond acceptors (Lipinski definition) is 2. The van der Waals surface area contributed by atoms with Crippen LogP contribution in [0.1, 0.15) is 39.9 Å². The summed E-state index contributed by atoms with van der Waals surface area (Å²) >= 11 is 0. The van der Waals surface area contributed by atoms with E-state index in [1.54, 1.807) is 0 Å². The SMILES string of the molecule is Cc1ccc(-c2nn(Cc3ccccc3)cc2C(=O)NC2CC2)cc1C. The van der Waals surface area contributed by atoms with Gasteiger partial charge in [-0.05, 0) is 49.4 Å². The first kappa shape index (κ1) is 16.6. The van der Waals surface area contributed by atoms with Crippen molar-refractivity contribution in [3.63, 3.8) is 0 Å². The Morgan fingerprint density at radius 2 is 1.88 bits per heavy atom. The Kier molecular flexibility index (Phi) is 4.33. The van der Waals surface area contributed by atoms with E-state index in [1.165, 1.54) is 11.1 Å². The van der Waals surface area contributed by atoms with Gasteiger partial charge in [0.2, 0.25) is 0 Å². The number of aryl methyl sites for hydroxylation is 2. The highest BCUT2D eigenvalue weighted by molar-refractivity contribution is 6.00. The molecule has 0 radical (unpaired) electrons. The Bertz CT molecular complexity index is 939. The Balaban J connectivity index is 1.71. The average Bonchev–Trinajstić information content (AvgIpc) is 3.35. The van der Waals surface area contributed by atoms with Gasteiger partial charge in [0, 0.05) is 17.8 Å². The van der Waals surface area contributed by atoms with Crippen molar-refractivity contribution in [1.82, 2.24) is 15.1 Å². The van der Waals surface area contributed by atoms with Crippen molar-refractivity contribution in [3.05, 3.63) is 77.0 Å². The Labute approximate surface area is 153 Å². The molecule has 1 N–H and O–H groups in total. The molecule has 1 fully saturated rings. The number of carbonyl (C=O) groups is 1. The van der Waals surface area contributed by atoms with Crippen LogP contribution in [0.4, 0.5) is 0 Å². The molecule has 3 aromatic rings. The summed E-state index contributed by atoms with van der Waals surface area (Å²) < 4.78 is 1.86. The molecule has 0 bridgehead atoms. The van der Waals surface area contributed by atoms with E-state index < -0.39 is 0 Å².